The van der Waals surface area contributed by atoms with Gasteiger partial charge < -0.3 is 9.80 Å². The molecule has 0 N–H and O–H groups in total. The highest BCUT2D eigenvalue weighted by Gasteiger charge is 2.40. The molecule has 3 nitrogen and oxygen atoms in total. The number of amides is 1. The first kappa shape index (κ1) is 14.5. The summed E-state index contributed by atoms with van der Waals surface area (Å²) in [5, 5.41) is 0. The van der Waals surface area contributed by atoms with Gasteiger partial charge in [-0.05, 0) is 61.4 Å². The number of halogens is 1. The molecule has 1 saturated carbocycles. The molecule has 1 amide bonds. The first-order valence-electron chi connectivity index (χ1n) is 6.64. The highest BCUT2D eigenvalue weighted by molar-refractivity contribution is 9.10. The van der Waals surface area contributed by atoms with Crippen molar-refractivity contribution in [3.63, 3.8) is 0 Å². The monoisotopic (exact) mass is 324 g/mol. The average molecular weight is 325 g/mol. The largest absolute Gasteiger partial charge is 0.340 e. The number of carbonyl (C=O) groups is 1. The lowest BCUT2D eigenvalue weighted by molar-refractivity contribution is 0.0252. The van der Waals surface area contributed by atoms with E-state index in [4.69, 9.17) is 0 Å². The molecule has 1 aromatic carbocycles. The Kier molecular flexibility index (Phi) is 4.31. The van der Waals surface area contributed by atoms with Gasteiger partial charge in [-0.15, -0.1) is 0 Å². The molecule has 2 rings (SSSR count). The zero-order valence-electron chi connectivity index (χ0n) is 11.8. The van der Waals surface area contributed by atoms with Gasteiger partial charge in [0.25, 0.3) is 5.91 Å². The maximum atomic E-state index is 12.5. The standard InChI is InChI=1S/C15H21BrN2O/c1-17(2)15(9-6-10-15)11-18(3)14(19)12-7-4-5-8-13(12)16/h4-5,7-8H,6,9-11H2,1-3H3. The molecule has 0 unspecified atom stereocenters. The minimum absolute atomic E-state index is 0.0839. The van der Waals surface area contributed by atoms with E-state index in [2.05, 4.69) is 34.9 Å². The van der Waals surface area contributed by atoms with Crippen molar-refractivity contribution >= 4 is 21.8 Å². The first-order chi connectivity index (χ1) is 8.96. The lowest BCUT2D eigenvalue weighted by Crippen LogP contribution is -2.57. The van der Waals surface area contributed by atoms with Crippen LogP contribution in [0.2, 0.25) is 0 Å². The molecule has 19 heavy (non-hydrogen) atoms. The van der Waals surface area contributed by atoms with Gasteiger partial charge in [0.15, 0.2) is 0 Å². The Morgan fingerprint density at radius 3 is 2.37 bits per heavy atom. The first-order valence-corrected chi connectivity index (χ1v) is 7.43. The fraction of sp³-hybridized carbons (Fsp3) is 0.533. The number of benzene rings is 1. The van der Waals surface area contributed by atoms with Crippen LogP contribution in [0.1, 0.15) is 29.6 Å². The molecule has 1 aliphatic rings. The van der Waals surface area contributed by atoms with Crippen LogP contribution in [0.5, 0.6) is 0 Å². The van der Waals surface area contributed by atoms with Crippen molar-refractivity contribution in [2.45, 2.75) is 24.8 Å². The summed E-state index contributed by atoms with van der Waals surface area (Å²) in [4.78, 5) is 16.6. The summed E-state index contributed by atoms with van der Waals surface area (Å²) < 4.78 is 0.861. The summed E-state index contributed by atoms with van der Waals surface area (Å²) in [5.41, 5.74) is 0.907. The van der Waals surface area contributed by atoms with E-state index < -0.39 is 0 Å². The van der Waals surface area contributed by atoms with Gasteiger partial charge in [0, 0.05) is 23.6 Å². The molecule has 0 aromatic heterocycles. The smallest absolute Gasteiger partial charge is 0.254 e. The van der Waals surface area contributed by atoms with Crippen LogP contribution >= 0.6 is 15.9 Å². The molecule has 0 atom stereocenters. The van der Waals surface area contributed by atoms with E-state index in [0.29, 0.717) is 0 Å². The summed E-state index contributed by atoms with van der Waals surface area (Å²) in [5.74, 6) is 0.0839. The number of carbonyl (C=O) groups excluding carboxylic acids is 1. The fourth-order valence-corrected chi connectivity index (χ4v) is 3.14. The molecular weight excluding hydrogens is 304 g/mol. The summed E-state index contributed by atoms with van der Waals surface area (Å²) in [6.07, 6.45) is 3.61. The van der Waals surface area contributed by atoms with Crippen LogP contribution < -0.4 is 0 Å². The Morgan fingerprint density at radius 1 is 1.26 bits per heavy atom. The van der Waals surface area contributed by atoms with Gasteiger partial charge in [-0.1, -0.05) is 12.1 Å². The minimum Gasteiger partial charge on any atom is -0.340 e. The Bertz CT molecular complexity index is 469. The molecule has 4 heteroatoms. The van der Waals surface area contributed by atoms with Crippen LogP contribution in [0.15, 0.2) is 28.7 Å². The van der Waals surface area contributed by atoms with Crippen molar-refractivity contribution < 1.29 is 4.79 Å². The zero-order chi connectivity index (χ0) is 14.0. The van der Waals surface area contributed by atoms with E-state index in [-0.39, 0.29) is 11.4 Å². The lowest BCUT2D eigenvalue weighted by atomic mass is 9.75. The maximum Gasteiger partial charge on any atom is 0.254 e. The quantitative estimate of drug-likeness (QED) is 0.850. The highest BCUT2D eigenvalue weighted by atomic mass is 79.9. The predicted molar refractivity (Wildman–Crippen MR) is 81.4 cm³/mol. The third-order valence-electron chi connectivity index (χ3n) is 4.22. The molecule has 104 valence electrons. The molecule has 0 saturated heterocycles. The van der Waals surface area contributed by atoms with Crippen molar-refractivity contribution in [3.05, 3.63) is 34.3 Å². The van der Waals surface area contributed by atoms with Gasteiger partial charge in [-0.3, -0.25) is 4.79 Å². The Balaban J connectivity index is 2.10. The van der Waals surface area contributed by atoms with Gasteiger partial charge in [-0.2, -0.15) is 0 Å². The van der Waals surface area contributed by atoms with Crippen molar-refractivity contribution in [2.75, 3.05) is 27.7 Å². The van der Waals surface area contributed by atoms with Crippen molar-refractivity contribution in [2.24, 2.45) is 0 Å². The molecule has 1 aliphatic carbocycles. The van der Waals surface area contributed by atoms with Gasteiger partial charge in [0.05, 0.1) is 5.56 Å². The molecule has 0 bridgehead atoms. The zero-order valence-corrected chi connectivity index (χ0v) is 13.4. The second-order valence-corrected chi connectivity index (χ2v) is 6.47. The van der Waals surface area contributed by atoms with Gasteiger partial charge in [0.1, 0.15) is 0 Å². The molecule has 1 fully saturated rings. The van der Waals surface area contributed by atoms with Crippen LogP contribution in [0.3, 0.4) is 0 Å². The number of rotatable bonds is 4. The summed E-state index contributed by atoms with van der Waals surface area (Å²) in [6, 6.07) is 7.60. The number of hydrogen-bond donors (Lipinski definition) is 0. The highest BCUT2D eigenvalue weighted by Crippen LogP contribution is 2.37. The second kappa shape index (κ2) is 5.63. The van der Waals surface area contributed by atoms with Crippen LogP contribution in [0.4, 0.5) is 0 Å². The van der Waals surface area contributed by atoms with Crippen LogP contribution in [0, 0.1) is 0 Å². The average Bonchev–Trinajstić information content (AvgIpc) is 2.32. The Labute approximate surface area is 123 Å². The lowest BCUT2D eigenvalue weighted by Gasteiger charge is -2.49. The van der Waals surface area contributed by atoms with Crippen LogP contribution in [-0.2, 0) is 0 Å². The Hall–Kier alpha value is -0.870. The second-order valence-electron chi connectivity index (χ2n) is 5.61. The SMILES string of the molecule is CN(CC1(N(C)C)CCC1)C(=O)c1ccccc1Br. The van der Waals surface area contributed by atoms with Gasteiger partial charge in [-0.25, -0.2) is 0 Å². The topological polar surface area (TPSA) is 23.6 Å². The van der Waals surface area contributed by atoms with Crippen molar-refractivity contribution in [1.82, 2.24) is 9.80 Å². The fourth-order valence-electron chi connectivity index (χ4n) is 2.69. The molecular formula is C15H21BrN2O. The van der Waals surface area contributed by atoms with Crippen LogP contribution in [0.25, 0.3) is 0 Å². The molecule has 0 heterocycles. The van der Waals surface area contributed by atoms with Crippen molar-refractivity contribution in [3.8, 4) is 0 Å². The maximum absolute atomic E-state index is 12.5. The number of nitrogens with zero attached hydrogens (tertiary/aromatic N) is 2. The number of likely N-dealkylation sites (N-methyl/N-ethyl adjacent to an activating group) is 2. The molecule has 0 spiro atoms. The van der Waals surface area contributed by atoms with Crippen LogP contribution in [-0.4, -0.2) is 48.9 Å². The molecule has 0 radical (unpaired) electrons. The molecule has 1 aromatic rings. The van der Waals surface area contributed by atoms with Crippen molar-refractivity contribution in [1.29, 1.82) is 0 Å². The van der Waals surface area contributed by atoms with E-state index in [1.54, 1.807) is 0 Å². The van der Waals surface area contributed by atoms with E-state index in [1.165, 1.54) is 19.3 Å². The summed E-state index contributed by atoms with van der Waals surface area (Å²) >= 11 is 3.45. The number of hydrogen-bond acceptors (Lipinski definition) is 2. The third kappa shape index (κ3) is 2.84. The summed E-state index contributed by atoms with van der Waals surface area (Å²) in [7, 11) is 6.11. The van der Waals surface area contributed by atoms with E-state index in [1.807, 2.05) is 36.2 Å². The third-order valence-corrected chi connectivity index (χ3v) is 4.91. The van der Waals surface area contributed by atoms with E-state index >= 15 is 0 Å². The van der Waals surface area contributed by atoms with Gasteiger partial charge >= 0.3 is 0 Å². The van der Waals surface area contributed by atoms with E-state index in [9.17, 15) is 4.79 Å². The minimum atomic E-state index is 0.0839. The Morgan fingerprint density at radius 2 is 1.89 bits per heavy atom. The van der Waals surface area contributed by atoms with E-state index in [0.717, 1.165) is 16.6 Å². The predicted octanol–water partition coefficient (Wildman–Crippen LogP) is 3.01. The molecule has 0 aliphatic heterocycles. The summed E-state index contributed by atoms with van der Waals surface area (Å²) in [6.45, 7) is 0.792. The normalized spacial score (nSPS) is 17.1. The van der Waals surface area contributed by atoms with Gasteiger partial charge in [0.2, 0.25) is 0 Å².